The number of benzene rings is 1. The lowest BCUT2D eigenvalue weighted by Crippen LogP contribution is -2.24. The van der Waals surface area contributed by atoms with Crippen molar-refractivity contribution >= 4 is 34.0 Å². The fourth-order valence-corrected chi connectivity index (χ4v) is 4.20. The molecule has 0 unspecified atom stereocenters. The number of aromatic nitrogens is 1. The summed E-state index contributed by atoms with van der Waals surface area (Å²) in [7, 11) is -1.29. The molecule has 1 aromatic carbocycles. The highest BCUT2D eigenvalue weighted by molar-refractivity contribution is 7.69. The molecule has 3 aromatic rings. The molecule has 0 saturated heterocycles. The van der Waals surface area contributed by atoms with Gasteiger partial charge in [-0.05, 0) is 42.3 Å². The zero-order valence-corrected chi connectivity index (χ0v) is 19.7. The number of halogens is 1. The number of unbranched alkanes of at least 4 members (excludes halogenated alkanes) is 3. The Morgan fingerprint density at radius 2 is 1.97 bits per heavy atom. The fraction of sp³-hybridized carbons (Fsp3) is 0.333. The molecule has 0 bridgehead atoms. The third-order valence-corrected chi connectivity index (χ3v) is 6.21. The largest absolute Gasteiger partial charge is 0.437 e. The van der Waals surface area contributed by atoms with Crippen LogP contribution in [0.25, 0.3) is 28.5 Å². The van der Waals surface area contributed by atoms with Crippen molar-refractivity contribution < 1.29 is 22.0 Å². The van der Waals surface area contributed by atoms with Gasteiger partial charge in [-0.3, -0.25) is 4.79 Å². The molecule has 9 heteroatoms. The van der Waals surface area contributed by atoms with Gasteiger partial charge in [0.2, 0.25) is 16.6 Å². The second-order valence-electron chi connectivity index (χ2n) is 7.66. The highest BCUT2D eigenvalue weighted by atomic mass is 32.2. The van der Waals surface area contributed by atoms with Gasteiger partial charge in [-0.1, -0.05) is 38.8 Å². The van der Waals surface area contributed by atoms with Crippen LogP contribution in [0.3, 0.4) is 0 Å². The van der Waals surface area contributed by atoms with E-state index in [1.54, 1.807) is 12.1 Å². The first-order valence-electron chi connectivity index (χ1n) is 10.9. The number of nitrogens with zero attached hydrogens (tertiary/aromatic N) is 2. The van der Waals surface area contributed by atoms with Crippen molar-refractivity contribution in [3.05, 3.63) is 59.5 Å². The van der Waals surface area contributed by atoms with Crippen LogP contribution in [0.1, 0.15) is 54.2 Å². The molecule has 0 saturated carbocycles. The Hall–Kier alpha value is -3.04. The van der Waals surface area contributed by atoms with Crippen LogP contribution >= 0.6 is 0 Å². The number of fused-ring (bicyclic) bond motifs is 1. The van der Waals surface area contributed by atoms with E-state index in [4.69, 9.17) is 4.42 Å². The predicted octanol–water partition coefficient (Wildman–Crippen LogP) is 4.55. The van der Waals surface area contributed by atoms with Gasteiger partial charge < -0.3 is 9.73 Å². The molecule has 0 radical (unpaired) electrons. The van der Waals surface area contributed by atoms with Gasteiger partial charge in [-0.15, -0.1) is 0 Å². The number of hydrogen-bond acceptors (Lipinski definition) is 5. The molecule has 2 heterocycles. The van der Waals surface area contributed by atoms with Crippen LogP contribution in [0.15, 0.2) is 41.3 Å². The number of nitrogens with one attached hydrogen (secondary N) is 1. The number of pyridine rings is 1. The Bertz CT molecular complexity index is 1210. The van der Waals surface area contributed by atoms with Gasteiger partial charge in [-0.2, -0.15) is 4.31 Å². The molecule has 0 fully saturated rings. The third kappa shape index (κ3) is 5.66. The van der Waals surface area contributed by atoms with Crippen LogP contribution in [-0.4, -0.2) is 37.2 Å². The predicted molar refractivity (Wildman–Crippen MR) is 128 cm³/mol. The number of carbonyl (C=O) groups excluding carboxylic acids is 1. The van der Waals surface area contributed by atoms with Crippen molar-refractivity contribution in [1.29, 1.82) is 0 Å². The van der Waals surface area contributed by atoms with Gasteiger partial charge in [0.05, 0.1) is 23.2 Å². The van der Waals surface area contributed by atoms with E-state index in [2.05, 4.69) is 23.8 Å². The normalized spacial score (nSPS) is 11.4. The maximum atomic E-state index is 13.4. The van der Waals surface area contributed by atoms with E-state index >= 15 is 0 Å². The lowest BCUT2D eigenvalue weighted by molar-refractivity contribution is 0.0964. The number of thiol groups is 1. The van der Waals surface area contributed by atoms with Crippen LogP contribution in [0, 0.1) is 5.82 Å². The average molecular weight is 474 g/mol. The molecule has 0 aliphatic carbocycles. The fourth-order valence-electron chi connectivity index (χ4n) is 3.65. The highest BCUT2D eigenvalue weighted by Gasteiger charge is 2.24. The van der Waals surface area contributed by atoms with E-state index in [-0.39, 0.29) is 29.5 Å². The second kappa shape index (κ2) is 11.2. The van der Waals surface area contributed by atoms with Crippen molar-refractivity contribution in [1.82, 2.24) is 14.6 Å². The van der Waals surface area contributed by atoms with Crippen LogP contribution in [-0.2, 0) is 17.4 Å². The van der Waals surface area contributed by atoms with Crippen molar-refractivity contribution in [2.45, 2.75) is 39.2 Å². The summed E-state index contributed by atoms with van der Waals surface area (Å²) in [5, 5.41) is 3.06. The van der Waals surface area contributed by atoms with Crippen LogP contribution < -0.4 is 5.32 Å². The SMILES string of the molecule is C=Cc1cc2c(C(=O)NC)c(-c3ccc(F)cc3)oc2nc1CN(CCCCCC)[SH](=O)=O. The quantitative estimate of drug-likeness (QED) is 0.315. The monoisotopic (exact) mass is 473 g/mol. The molecule has 0 aliphatic rings. The lowest BCUT2D eigenvalue weighted by atomic mass is 10.0. The molecule has 2 aromatic heterocycles. The molecule has 3 rings (SSSR count). The van der Waals surface area contributed by atoms with Crippen LogP contribution in [0.4, 0.5) is 4.39 Å². The number of furan rings is 1. The summed E-state index contributed by atoms with van der Waals surface area (Å²) in [6, 6.07) is 7.33. The van der Waals surface area contributed by atoms with Gasteiger partial charge in [-0.25, -0.2) is 17.8 Å². The Kier molecular flexibility index (Phi) is 8.35. The topological polar surface area (TPSA) is 92.5 Å². The highest BCUT2D eigenvalue weighted by Crippen LogP contribution is 2.34. The van der Waals surface area contributed by atoms with Gasteiger partial charge in [0.1, 0.15) is 11.6 Å². The number of hydrogen-bond donors (Lipinski definition) is 2. The molecule has 0 aliphatic heterocycles. The minimum Gasteiger partial charge on any atom is -0.437 e. The summed E-state index contributed by atoms with van der Waals surface area (Å²) in [6.07, 6.45) is 5.40. The summed E-state index contributed by atoms with van der Waals surface area (Å²) in [5.41, 5.74) is 2.08. The first-order valence-corrected chi connectivity index (χ1v) is 12.0. The van der Waals surface area contributed by atoms with Gasteiger partial charge in [0.15, 0.2) is 0 Å². The number of rotatable bonds is 11. The molecule has 1 amide bonds. The zero-order chi connectivity index (χ0) is 24.0. The van der Waals surface area contributed by atoms with Crippen molar-refractivity contribution in [2.75, 3.05) is 13.6 Å². The van der Waals surface area contributed by atoms with E-state index in [9.17, 15) is 17.6 Å². The maximum Gasteiger partial charge on any atom is 0.255 e. The van der Waals surface area contributed by atoms with Gasteiger partial charge in [0, 0.05) is 19.2 Å². The Morgan fingerprint density at radius 1 is 1.24 bits per heavy atom. The van der Waals surface area contributed by atoms with E-state index in [0.29, 0.717) is 28.8 Å². The molecule has 7 nitrogen and oxygen atoms in total. The van der Waals surface area contributed by atoms with Crippen LogP contribution in [0.2, 0.25) is 0 Å². The van der Waals surface area contributed by atoms with Crippen molar-refractivity contribution in [2.24, 2.45) is 0 Å². The molecule has 176 valence electrons. The Labute approximate surface area is 194 Å². The zero-order valence-electron chi connectivity index (χ0n) is 18.8. The molecular weight excluding hydrogens is 445 g/mol. The minimum absolute atomic E-state index is 0.0734. The molecule has 1 N–H and O–H groups in total. The summed E-state index contributed by atoms with van der Waals surface area (Å²) in [6.45, 7) is 6.39. The summed E-state index contributed by atoms with van der Waals surface area (Å²) >= 11 is 0. The Morgan fingerprint density at radius 3 is 2.58 bits per heavy atom. The van der Waals surface area contributed by atoms with Gasteiger partial charge in [0.25, 0.3) is 5.91 Å². The van der Waals surface area contributed by atoms with Crippen LogP contribution in [0.5, 0.6) is 0 Å². The summed E-state index contributed by atoms with van der Waals surface area (Å²) in [4.78, 5) is 17.2. The van der Waals surface area contributed by atoms with Crippen molar-refractivity contribution in [3.8, 4) is 11.3 Å². The average Bonchev–Trinajstić information content (AvgIpc) is 3.18. The smallest absolute Gasteiger partial charge is 0.255 e. The lowest BCUT2D eigenvalue weighted by Gasteiger charge is -2.16. The molecule has 33 heavy (non-hydrogen) atoms. The third-order valence-electron chi connectivity index (χ3n) is 5.41. The Balaban J connectivity index is 2.06. The van der Waals surface area contributed by atoms with E-state index in [1.807, 2.05) is 0 Å². The van der Waals surface area contributed by atoms with E-state index in [1.165, 1.54) is 35.6 Å². The van der Waals surface area contributed by atoms with E-state index in [0.717, 1.165) is 25.7 Å². The molecular formula is C24H28FN3O4S. The standard InChI is InChI=1S/C24H28FN3O4S/c1-4-6-7-8-13-28(33(30)31)15-20-16(5-2)14-19-21(23(29)26-3)22(32-24(19)27-20)17-9-11-18(25)12-10-17/h5,9-12,14,33H,2,4,6-8,13,15H2,1,3H3,(H,26,29). The number of amides is 1. The van der Waals surface area contributed by atoms with Gasteiger partial charge >= 0.3 is 0 Å². The summed E-state index contributed by atoms with van der Waals surface area (Å²) < 4.78 is 44.4. The van der Waals surface area contributed by atoms with E-state index < -0.39 is 16.7 Å². The first kappa shape index (κ1) is 24.6. The van der Waals surface area contributed by atoms with Crippen molar-refractivity contribution in [3.63, 3.8) is 0 Å². The molecule has 0 atom stereocenters. The minimum atomic E-state index is -2.79. The molecule has 0 spiro atoms. The maximum absolute atomic E-state index is 13.4. The summed E-state index contributed by atoms with van der Waals surface area (Å²) in [5.74, 6) is -0.523. The number of carbonyl (C=O) groups is 1. The second-order valence-corrected chi connectivity index (χ2v) is 8.70. The first-order chi connectivity index (χ1) is 15.9.